The van der Waals surface area contributed by atoms with Gasteiger partial charge in [0.2, 0.25) is 11.8 Å². The van der Waals surface area contributed by atoms with Crippen LogP contribution in [0.4, 0.5) is 0 Å². The molecular formula is C15H27Cl2N5O2. The highest BCUT2D eigenvalue weighted by atomic mass is 35.5. The zero-order valence-electron chi connectivity index (χ0n) is 14.0. The van der Waals surface area contributed by atoms with E-state index in [9.17, 15) is 9.59 Å². The number of nitrogens with two attached hydrogens (primary N) is 1. The number of H-pyrrole nitrogens is 1. The standard InChI is InChI=1S/C15H25N5O2.2ClH/c1-10(2)14(16)15(22)17-9-13(21)20-5-3-11(4-6-20)12-7-18-19-8-12;;/h7-8,10-11,14H,3-6,9,16H2,1-2H3,(H,17,22)(H,18,19);2*1H/t14-;;/m0../s1. The summed E-state index contributed by atoms with van der Waals surface area (Å²) in [5.41, 5.74) is 6.95. The second-order valence-electron chi connectivity index (χ2n) is 6.17. The summed E-state index contributed by atoms with van der Waals surface area (Å²) in [6.07, 6.45) is 5.60. The van der Waals surface area contributed by atoms with Crippen LogP contribution in [-0.2, 0) is 9.59 Å². The van der Waals surface area contributed by atoms with Crippen molar-refractivity contribution in [3.05, 3.63) is 18.0 Å². The van der Waals surface area contributed by atoms with Crippen LogP contribution in [0.5, 0.6) is 0 Å². The molecule has 1 aliphatic rings. The van der Waals surface area contributed by atoms with E-state index in [1.54, 1.807) is 4.90 Å². The van der Waals surface area contributed by atoms with Crippen molar-refractivity contribution in [1.29, 1.82) is 0 Å². The van der Waals surface area contributed by atoms with Crippen LogP contribution in [0.2, 0.25) is 0 Å². The van der Waals surface area contributed by atoms with Crippen LogP contribution in [0.3, 0.4) is 0 Å². The molecule has 0 aromatic carbocycles. The number of nitrogens with one attached hydrogen (secondary N) is 2. The van der Waals surface area contributed by atoms with Gasteiger partial charge < -0.3 is 16.0 Å². The van der Waals surface area contributed by atoms with E-state index in [1.807, 2.05) is 26.2 Å². The molecule has 0 radical (unpaired) electrons. The number of carbonyl (C=O) groups is 2. The van der Waals surface area contributed by atoms with E-state index in [0.29, 0.717) is 19.0 Å². The van der Waals surface area contributed by atoms with Crippen LogP contribution in [0.1, 0.15) is 38.2 Å². The number of aromatic nitrogens is 2. The molecule has 1 atom stereocenters. The first-order chi connectivity index (χ1) is 10.5. The summed E-state index contributed by atoms with van der Waals surface area (Å²) in [5.74, 6) is 0.194. The molecule has 0 bridgehead atoms. The molecule has 24 heavy (non-hydrogen) atoms. The van der Waals surface area contributed by atoms with E-state index in [2.05, 4.69) is 15.5 Å². The predicted octanol–water partition coefficient (Wildman–Crippen LogP) is 1.06. The van der Waals surface area contributed by atoms with Crippen molar-refractivity contribution in [1.82, 2.24) is 20.4 Å². The molecule has 138 valence electrons. The molecule has 0 spiro atoms. The topological polar surface area (TPSA) is 104 Å². The largest absolute Gasteiger partial charge is 0.346 e. The monoisotopic (exact) mass is 379 g/mol. The minimum atomic E-state index is -0.570. The molecule has 0 unspecified atom stereocenters. The lowest BCUT2D eigenvalue weighted by Crippen LogP contribution is -2.49. The lowest BCUT2D eigenvalue weighted by atomic mass is 9.91. The first-order valence-electron chi connectivity index (χ1n) is 7.78. The molecular weight excluding hydrogens is 353 g/mol. The third-order valence-corrected chi connectivity index (χ3v) is 4.27. The zero-order chi connectivity index (χ0) is 16.1. The Bertz CT molecular complexity index is 502. The Kier molecular flexibility index (Phi) is 9.96. The smallest absolute Gasteiger partial charge is 0.241 e. The maximum atomic E-state index is 12.1. The number of likely N-dealkylation sites (tertiary alicyclic amines) is 1. The van der Waals surface area contributed by atoms with Crippen molar-refractivity contribution in [2.45, 2.75) is 38.6 Å². The Morgan fingerprint density at radius 3 is 2.50 bits per heavy atom. The van der Waals surface area contributed by atoms with E-state index in [1.165, 1.54) is 5.56 Å². The van der Waals surface area contributed by atoms with E-state index in [-0.39, 0.29) is 49.1 Å². The van der Waals surface area contributed by atoms with Gasteiger partial charge in [-0.1, -0.05) is 13.8 Å². The Labute approximate surface area is 154 Å². The average Bonchev–Trinajstić information content (AvgIpc) is 3.06. The summed E-state index contributed by atoms with van der Waals surface area (Å²) >= 11 is 0. The lowest BCUT2D eigenvalue weighted by molar-refractivity contribution is -0.134. The molecule has 1 aliphatic heterocycles. The normalized spacial score (nSPS) is 16.1. The number of carbonyl (C=O) groups excluding carboxylic acids is 2. The van der Waals surface area contributed by atoms with Gasteiger partial charge in [-0.05, 0) is 30.2 Å². The fraction of sp³-hybridized carbons (Fsp3) is 0.667. The van der Waals surface area contributed by atoms with Gasteiger partial charge in [-0.25, -0.2) is 0 Å². The van der Waals surface area contributed by atoms with Crippen LogP contribution >= 0.6 is 24.8 Å². The third kappa shape index (κ3) is 5.96. The molecule has 2 rings (SSSR count). The first-order valence-corrected chi connectivity index (χ1v) is 7.78. The maximum absolute atomic E-state index is 12.1. The molecule has 0 saturated carbocycles. The van der Waals surface area contributed by atoms with Gasteiger partial charge in [-0.15, -0.1) is 24.8 Å². The Balaban J connectivity index is 0.00000264. The number of piperidine rings is 1. The molecule has 2 heterocycles. The minimum absolute atomic E-state index is 0. The summed E-state index contributed by atoms with van der Waals surface area (Å²) in [6, 6.07) is -0.570. The summed E-state index contributed by atoms with van der Waals surface area (Å²) < 4.78 is 0. The van der Waals surface area contributed by atoms with Crippen molar-refractivity contribution < 1.29 is 9.59 Å². The van der Waals surface area contributed by atoms with Gasteiger partial charge in [0.15, 0.2) is 0 Å². The highest BCUT2D eigenvalue weighted by Crippen LogP contribution is 2.26. The van der Waals surface area contributed by atoms with Gasteiger partial charge in [0.1, 0.15) is 0 Å². The quantitative estimate of drug-likeness (QED) is 0.711. The number of nitrogens with zero attached hydrogens (tertiary/aromatic N) is 2. The van der Waals surface area contributed by atoms with Crippen molar-refractivity contribution in [2.75, 3.05) is 19.6 Å². The summed E-state index contributed by atoms with van der Waals surface area (Å²) in [7, 11) is 0. The fourth-order valence-corrected chi connectivity index (χ4v) is 2.64. The molecule has 7 nitrogen and oxygen atoms in total. The number of hydrogen-bond acceptors (Lipinski definition) is 4. The predicted molar refractivity (Wildman–Crippen MR) is 97.5 cm³/mol. The van der Waals surface area contributed by atoms with Gasteiger partial charge in [0.25, 0.3) is 0 Å². The van der Waals surface area contributed by atoms with Crippen molar-refractivity contribution in [3.63, 3.8) is 0 Å². The van der Waals surface area contributed by atoms with Crippen molar-refractivity contribution in [3.8, 4) is 0 Å². The highest BCUT2D eigenvalue weighted by molar-refractivity contribution is 5.87. The summed E-state index contributed by atoms with van der Waals surface area (Å²) in [4.78, 5) is 25.7. The number of halogens is 2. The van der Waals surface area contributed by atoms with Crippen LogP contribution in [0.25, 0.3) is 0 Å². The van der Waals surface area contributed by atoms with Gasteiger partial charge in [-0.3, -0.25) is 14.7 Å². The van der Waals surface area contributed by atoms with Gasteiger partial charge in [0, 0.05) is 19.3 Å². The van der Waals surface area contributed by atoms with Crippen molar-refractivity contribution in [2.24, 2.45) is 11.7 Å². The van der Waals surface area contributed by atoms with Crippen LogP contribution in [-0.4, -0.2) is 52.6 Å². The molecule has 1 fully saturated rings. The zero-order valence-corrected chi connectivity index (χ0v) is 15.7. The fourth-order valence-electron chi connectivity index (χ4n) is 2.64. The van der Waals surface area contributed by atoms with E-state index >= 15 is 0 Å². The molecule has 4 N–H and O–H groups in total. The number of rotatable bonds is 5. The maximum Gasteiger partial charge on any atom is 0.241 e. The molecule has 0 aliphatic carbocycles. The lowest BCUT2D eigenvalue weighted by Gasteiger charge is -2.31. The Hall–Kier alpha value is -1.31. The van der Waals surface area contributed by atoms with Crippen LogP contribution in [0, 0.1) is 5.92 Å². The second kappa shape index (κ2) is 10.5. The summed E-state index contributed by atoms with van der Waals surface area (Å²) in [5, 5.41) is 9.42. The minimum Gasteiger partial charge on any atom is -0.346 e. The average molecular weight is 380 g/mol. The molecule has 1 aromatic heterocycles. The van der Waals surface area contributed by atoms with Gasteiger partial charge in [-0.2, -0.15) is 5.10 Å². The number of aromatic amines is 1. The summed E-state index contributed by atoms with van der Waals surface area (Å²) in [6.45, 7) is 5.20. The molecule has 1 aromatic rings. The second-order valence-corrected chi connectivity index (χ2v) is 6.17. The highest BCUT2D eigenvalue weighted by Gasteiger charge is 2.25. The Morgan fingerprint density at radius 1 is 1.38 bits per heavy atom. The first kappa shape index (κ1) is 22.7. The van der Waals surface area contributed by atoms with E-state index < -0.39 is 6.04 Å². The van der Waals surface area contributed by atoms with Gasteiger partial charge in [0.05, 0.1) is 18.8 Å². The van der Waals surface area contributed by atoms with Crippen molar-refractivity contribution >= 4 is 36.6 Å². The number of amides is 2. The van der Waals surface area contributed by atoms with E-state index in [4.69, 9.17) is 5.73 Å². The third-order valence-electron chi connectivity index (χ3n) is 4.27. The van der Waals surface area contributed by atoms with E-state index in [0.717, 1.165) is 12.8 Å². The molecule has 2 amide bonds. The molecule has 1 saturated heterocycles. The van der Waals surface area contributed by atoms with Crippen LogP contribution < -0.4 is 11.1 Å². The van der Waals surface area contributed by atoms with Crippen LogP contribution in [0.15, 0.2) is 12.4 Å². The Morgan fingerprint density at radius 2 is 2.00 bits per heavy atom. The molecule has 9 heteroatoms. The SMILES string of the molecule is CC(C)[C@H](N)C(=O)NCC(=O)N1CCC(c2cn[nH]c2)CC1.Cl.Cl. The number of hydrogen-bond donors (Lipinski definition) is 3. The van der Waals surface area contributed by atoms with Gasteiger partial charge >= 0.3 is 0 Å².